The van der Waals surface area contributed by atoms with Gasteiger partial charge in [0, 0.05) is 17.3 Å². The Hall–Kier alpha value is -2.08. The lowest BCUT2D eigenvalue weighted by Gasteiger charge is -2.10. The smallest absolute Gasteiger partial charge is 0.406 e. The molecule has 3 nitrogen and oxygen atoms in total. The molecule has 100 valence electrons. The van der Waals surface area contributed by atoms with Crippen LogP contribution < -0.4 is 4.74 Å². The molecule has 0 aliphatic heterocycles. The van der Waals surface area contributed by atoms with Crippen molar-refractivity contribution >= 4 is 0 Å². The van der Waals surface area contributed by atoms with Gasteiger partial charge in [0.15, 0.2) is 0 Å². The number of pyridine rings is 1. The van der Waals surface area contributed by atoms with Gasteiger partial charge < -0.3 is 9.84 Å². The van der Waals surface area contributed by atoms with Crippen molar-refractivity contribution < 1.29 is 23.0 Å². The standard InChI is InChI=1S/C13H10F3NO2/c14-13(15,16)19-11-5-3-9(4-6-11)12-10(8-18)2-1-7-17-12/h1-7,18H,8H2. The van der Waals surface area contributed by atoms with E-state index >= 15 is 0 Å². The fraction of sp³-hybridized carbons (Fsp3) is 0.154. The van der Waals surface area contributed by atoms with Crippen molar-refractivity contribution in [1.82, 2.24) is 4.98 Å². The SMILES string of the molecule is OCc1cccnc1-c1ccc(OC(F)(F)F)cc1. The molecule has 0 aliphatic rings. The molecule has 1 N–H and O–H groups in total. The highest BCUT2D eigenvalue weighted by Gasteiger charge is 2.30. The number of aliphatic hydroxyl groups excluding tert-OH is 1. The molecule has 2 rings (SSSR count). The predicted molar refractivity (Wildman–Crippen MR) is 62.3 cm³/mol. The normalized spacial score (nSPS) is 11.4. The number of aliphatic hydroxyl groups is 1. The van der Waals surface area contributed by atoms with E-state index in [1.54, 1.807) is 18.3 Å². The number of halogens is 3. The Morgan fingerprint density at radius 3 is 2.37 bits per heavy atom. The first-order valence-corrected chi connectivity index (χ1v) is 5.40. The number of benzene rings is 1. The van der Waals surface area contributed by atoms with Gasteiger partial charge in [0.25, 0.3) is 0 Å². The van der Waals surface area contributed by atoms with Crippen LogP contribution in [0.3, 0.4) is 0 Å². The minimum atomic E-state index is -4.71. The first kappa shape index (κ1) is 13.4. The topological polar surface area (TPSA) is 42.4 Å². The third-order valence-corrected chi connectivity index (χ3v) is 2.42. The van der Waals surface area contributed by atoms with E-state index in [4.69, 9.17) is 0 Å². The first-order valence-electron chi connectivity index (χ1n) is 5.40. The zero-order valence-electron chi connectivity index (χ0n) is 9.69. The molecule has 2 aromatic rings. The fourth-order valence-electron chi connectivity index (χ4n) is 1.64. The second-order valence-corrected chi connectivity index (χ2v) is 3.74. The van der Waals surface area contributed by atoms with Crippen molar-refractivity contribution in [3.63, 3.8) is 0 Å². The van der Waals surface area contributed by atoms with Crippen LogP contribution in [0, 0.1) is 0 Å². The highest BCUT2D eigenvalue weighted by Crippen LogP contribution is 2.27. The molecule has 0 amide bonds. The summed E-state index contributed by atoms with van der Waals surface area (Å²) in [5, 5.41) is 9.17. The summed E-state index contributed by atoms with van der Waals surface area (Å²) in [6.07, 6.45) is -3.16. The van der Waals surface area contributed by atoms with Gasteiger partial charge in [-0.15, -0.1) is 13.2 Å². The third kappa shape index (κ3) is 3.45. The van der Waals surface area contributed by atoms with E-state index in [0.717, 1.165) is 0 Å². The van der Waals surface area contributed by atoms with Gasteiger partial charge >= 0.3 is 6.36 Å². The summed E-state index contributed by atoms with van der Waals surface area (Å²) in [4.78, 5) is 4.10. The minimum Gasteiger partial charge on any atom is -0.406 e. The van der Waals surface area contributed by atoms with Gasteiger partial charge in [-0.05, 0) is 30.3 Å². The molecule has 1 heterocycles. The lowest BCUT2D eigenvalue weighted by Crippen LogP contribution is -2.16. The van der Waals surface area contributed by atoms with Crippen molar-refractivity contribution in [2.45, 2.75) is 13.0 Å². The number of aromatic nitrogens is 1. The molecule has 19 heavy (non-hydrogen) atoms. The number of hydrogen-bond acceptors (Lipinski definition) is 3. The zero-order chi connectivity index (χ0) is 13.9. The first-order chi connectivity index (χ1) is 8.99. The van der Waals surface area contributed by atoms with Gasteiger partial charge in [0.2, 0.25) is 0 Å². The van der Waals surface area contributed by atoms with Crippen molar-refractivity contribution in [3.8, 4) is 17.0 Å². The molecule has 6 heteroatoms. The summed E-state index contributed by atoms with van der Waals surface area (Å²) in [7, 11) is 0. The van der Waals surface area contributed by atoms with Crippen LogP contribution in [0.5, 0.6) is 5.75 Å². The van der Waals surface area contributed by atoms with E-state index in [1.807, 2.05) is 0 Å². The molecule has 0 saturated heterocycles. The fourth-order valence-corrected chi connectivity index (χ4v) is 1.64. The third-order valence-electron chi connectivity index (χ3n) is 2.42. The Kier molecular flexibility index (Phi) is 3.71. The monoisotopic (exact) mass is 269 g/mol. The maximum Gasteiger partial charge on any atom is 0.573 e. The van der Waals surface area contributed by atoms with E-state index in [1.165, 1.54) is 24.3 Å². The summed E-state index contributed by atoms with van der Waals surface area (Å²) in [5.74, 6) is -0.294. The number of alkyl halides is 3. The highest BCUT2D eigenvalue weighted by molar-refractivity contribution is 5.63. The van der Waals surface area contributed by atoms with Crippen molar-refractivity contribution in [2.75, 3.05) is 0 Å². The van der Waals surface area contributed by atoms with Gasteiger partial charge in [-0.3, -0.25) is 4.98 Å². The largest absolute Gasteiger partial charge is 0.573 e. The summed E-state index contributed by atoms with van der Waals surface area (Å²) in [5.41, 5.74) is 1.75. The highest BCUT2D eigenvalue weighted by atomic mass is 19.4. The molecular formula is C13H10F3NO2. The summed E-state index contributed by atoms with van der Waals surface area (Å²) in [6.45, 7) is -0.191. The molecule has 0 spiro atoms. The van der Waals surface area contributed by atoms with Crippen LogP contribution in [-0.4, -0.2) is 16.5 Å². The Labute approximate surface area is 107 Å². The summed E-state index contributed by atoms with van der Waals surface area (Å²) in [6, 6.07) is 8.71. The molecule has 1 aromatic carbocycles. The molecular weight excluding hydrogens is 259 g/mol. The zero-order valence-corrected chi connectivity index (χ0v) is 9.69. The van der Waals surface area contributed by atoms with Crippen LogP contribution in [0.1, 0.15) is 5.56 Å². The van der Waals surface area contributed by atoms with E-state index < -0.39 is 6.36 Å². The van der Waals surface area contributed by atoms with Crippen LogP contribution in [-0.2, 0) is 6.61 Å². The molecule has 0 fully saturated rings. The number of hydrogen-bond donors (Lipinski definition) is 1. The summed E-state index contributed by atoms with van der Waals surface area (Å²) < 4.78 is 39.8. The Balaban J connectivity index is 2.27. The van der Waals surface area contributed by atoms with Gasteiger partial charge in [0.1, 0.15) is 5.75 Å². The van der Waals surface area contributed by atoms with Gasteiger partial charge in [-0.25, -0.2) is 0 Å². The maximum absolute atomic E-state index is 12.0. The van der Waals surface area contributed by atoms with Crippen LogP contribution in [0.15, 0.2) is 42.6 Å². The average molecular weight is 269 g/mol. The minimum absolute atomic E-state index is 0.191. The maximum atomic E-state index is 12.0. The van der Waals surface area contributed by atoms with Crippen LogP contribution in [0.2, 0.25) is 0 Å². The lowest BCUT2D eigenvalue weighted by atomic mass is 10.1. The number of nitrogens with zero attached hydrogens (tertiary/aromatic N) is 1. The van der Waals surface area contributed by atoms with Crippen LogP contribution in [0.4, 0.5) is 13.2 Å². The van der Waals surface area contributed by atoms with Crippen molar-refractivity contribution in [2.24, 2.45) is 0 Å². The summed E-state index contributed by atoms with van der Waals surface area (Å²) >= 11 is 0. The van der Waals surface area contributed by atoms with Crippen molar-refractivity contribution in [3.05, 3.63) is 48.2 Å². The molecule has 0 radical (unpaired) electrons. The van der Waals surface area contributed by atoms with E-state index in [0.29, 0.717) is 16.8 Å². The second kappa shape index (κ2) is 5.27. The quantitative estimate of drug-likeness (QED) is 0.930. The average Bonchev–Trinajstić information content (AvgIpc) is 2.38. The molecule has 1 aromatic heterocycles. The molecule has 0 unspecified atom stereocenters. The molecule has 0 bridgehead atoms. The second-order valence-electron chi connectivity index (χ2n) is 3.74. The van der Waals surface area contributed by atoms with Gasteiger partial charge in [-0.1, -0.05) is 6.07 Å². The van der Waals surface area contributed by atoms with Crippen LogP contribution in [0.25, 0.3) is 11.3 Å². The predicted octanol–water partition coefficient (Wildman–Crippen LogP) is 3.14. The molecule has 0 aliphatic carbocycles. The Morgan fingerprint density at radius 2 is 1.79 bits per heavy atom. The van der Waals surface area contributed by atoms with Gasteiger partial charge in [-0.2, -0.15) is 0 Å². The number of ether oxygens (including phenoxy) is 1. The van der Waals surface area contributed by atoms with E-state index in [9.17, 15) is 18.3 Å². The Morgan fingerprint density at radius 1 is 1.11 bits per heavy atom. The molecule has 0 saturated carbocycles. The van der Waals surface area contributed by atoms with E-state index in [-0.39, 0.29) is 12.4 Å². The van der Waals surface area contributed by atoms with Gasteiger partial charge in [0.05, 0.1) is 12.3 Å². The lowest BCUT2D eigenvalue weighted by molar-refractivity contribution is -0.274. The number of rotatable bonds is 3. The molecule has 0 atom stereocenters. The Bertz CT molecular complexity index is 553. The van der Waals surface area contributed by atoms with Crippen LogP contribution >= 0.6 is 0 Å². The van der Waals surface area contributed by atoms with E-state index in [2.05, 4.69) is 9.72 Å². The van der Waals surface area contributed by atoms with Crippen molar-refractivity contribution in [1.29, 1.82) is 0 Å².